The summed E-state index contributed by atoms with van der Waals surface area (Å²) in [5, 5.41) is 17.4. The monoisotopic (exact) mass is 682 g/mol. The molecule has 0 saturated heterocycles. The molecule has 14 heteroatoms. The Hall–Kier alpha value is -3.84. The molecule has 0 unspecified atom stereocenters. The first-order chi connectivity index (χ1) is 23.5. The topological polar surface area (TPSA) is 177 Å². The van der Waals surface area contributed by atoms with Crippen molar-refractivity contribution in [1.82, 2.24) is 31.9 Å². The van der Waals surface area contributed by atoms with Gasteiger partial charge in [-0.2, -0.15) is 0 Å². The number of unbranched alkanes of at least 4 members (excludes halogenated alkanes) is 8. The van der Waals surface area contributed by atoms with E-state index in [4.69, 9.17) is 18.9 Å². The second-order valence-electron chi connectivity index (χ2n) is 11.7. The fourth-order valence-electron chi connectivity index (χ4n) is 5.08. The van der Waals surface area contributed by atoms with Crippen LogP contribution in [0.2, 0.25) is 0 Å². The van der Waals surface area contributed by atoms with Gasteiger partial charge in [-0.15, -0.1) is 0 Å². The molecule has 0 aromatic carbocycles. The van der Waals surface area contributed by atoms with Crippen molar-refractivity contribution in [2.75, 3.05) is 52.6 Å². The molecular weight excluding hydrogens is 620 g/mol. The Bertz CT molecular complexity index is 824. The van der Waals surface area contributed by atoms with E-state index in [0.717, 1.165) is 103 Å². The average Bonchev–Trinajstić information content (AvgIpc) is 3.07. The minimum atomic E-state index is -0.401. The second kappa shape index (κ2) is 30.5. The van der Waals surface area contributed by atoms with Gasteiger partial charge in [0.25, 0.3) is 0 Å². The smallest absolute Gasteiger partial charge is 0.407 e. The van der Waals surface area contributed by atoms with E-state index < -0.39 is 12.2 Å². The zero-order valence-electron chi connectivity index (χ0n) is 29.0. The van der Waals surface area contributed by atoms with E-state index >= 15 is 0 Å². The molecular formula is C34H62N6O8. The van der Waals surface area contributed by atoms with Crippen LogP contribution < -0.4 is 31.9 Å². The van der Waals surface area contributed by atoms with Crippen LogP contribution in [0.5, 0.6) is 0 Å². The molecule has 48 heavy (non-hydrogen) atoms. The summed E-state index contributed by atoms with van der Waals surface area (Å²) in [7, 11) is 0. The molecule has 0 bridgehead atoms. The van der Waals surface area contributed by atoms with E-state index in [1.165, 1.54) is 12.5 Å². The Balaban J connectivity index is 2.03. The number of amides is 6. The molecule has 0 aromatic heterocycles. The SMILES string of the molecule is C=COCCCCOC(=O)NCCCCCCNC(=O)N[C@H]1CCCC[C@@H]1NC(=O)NCCCCCCNC(=O)OCCCCOC=C. The lowest BCUT2D eigenvalue weighted by Crippen LogP contribution is -2.56. The third-order valence-electron chi connectivity index (χ3n) is 7.73. The number of ether oxygens (including phenoxy) is 4. The third kappa shape index (κ3) is 25.3. The van der Waals surface area contributed by atoms with Gasteiger partial charge in [0, 0.05) is 26.2 Å². The fraction of sp³-hybridized carbons (Fsp3) is 0.765. The van der Waals surface area contributed by atoms with Crippen molar-refractivity contribution in [3.63, 3.8) is 0 Å². The van der Waals surface area contributed by atoms with Crippen molar-refractivity contribution in [1.29, 1.82) is 0 Å². The molecule has 1 aliphatic rings. The minimum Gasteiger partial charge on any atom is -0.502 e. The van der Waals surface area contributed by atoms with Crippen LogP contribution in [0.1, 0.15) is 103 Å². The number of carbonyl (C=O) groups excluding carboxylic acids is 4. The van der Waals surface area contributed by atoms with Gasteiger partial charge in [-0.25, -0.2) is 19.2 Å². The van der Waals surface area contributed by atoms with Gasteiger partial charge in [0.05, 0.1) is 51.0 Å². The highest BCUT2D eigenvalue weighted by Gasteiger charge is 2.27. The first kappa shape index (κ1) is 42.2. The predicted octanol–water partition coefficient (Wildman–Crippen LogP) is 5.35. The average molecular weight is 683 g/mol. The molecule has 0 spiro atoms. The summed E-state index contributed by atoms with van der Waals surface area (Å²) in [6.45, 7) is 11.1. The maximum Gasteiger partial charge on any atom is 0.407 e. The predicted molar refractivity (Wildman–Crippen MR) is 186 cm³/mol. The van der Waals surface area contributed by atoms with E-state index in [0.29, 0.717) is 52.6 Å². The van der Waals surface area contributed by atoms with Crippen LogP contribution >= 0.6 is 0 Å². The van der Waals surface area contributed by atoms with Gasteiger partial charge in [-0.05, 0) is 64.2 Å². The molecule has 6 amide bonds. The van der Waals surface area contributed by atoms with Crippen LogP contribution in [0.15, 0.2) is 25.7 Å². The second-order valence-corrected chi connectivity index (χ2v) is 11.7. The van der Waals surface area contributed by atoms with Gasteiger partial charge in [0.2, 0.25) is 0 Å². The third-order valence-corrected chi connectivity index (χ3v) is 7.73. The van der Waals surface area contributed by atoms with Gasteiger partial charge in [0.1, 0.15) is 0 Å². The lowest BCUT2D eigenvalue weighted by atomic mass is 9.90. The van der Waals surface area contributed by atoms with Gasteiger partial charge in [-0.3, -0.25) is 0 Å². The molecule has 6 N–H and O–H groups in total. The number of rotatable bonds is 28. The highest BCUT2D eigenvalue weighted by Crippen LogP contribution is 2.18. The standard InChI is InChI=1S/C34H62N6O8/c1-3-45-25-15-17-27-47-33(43)37-23-13-7-5-11-21-35-31(41)39-29-19-9-10-20-30(29)40-32(42)36-22-12-6-8-14-24-38-34(44)48-28-18-16-26-46-4-2/h3-4,29-30H,1-2,5-28H2,(H,37,43)(H,38,44)(H2,35,39,41)(H2,36,40,42)/t29-,30-/m0/s1. The molecule has 14 nitrogen and oxygen atoms in total. The normalized spacial score (nSPS) is 15.2. The fourth-order valence-corrected chi connectivity index (χ4v) is 5.08. The first-order valence-corrected chi connectivity index (χ1v) is 17.8. The number of hydrogen-bond donors (Lipinski definition) is 6. The number of hydrogen-bond acceptors (Lipinski definition) is 8. The van der Waals surface area contributed by atoms with Crippen LogP contribution in [-0.4, -0.2) is 88.9 Å². The van der Waals surface area contributed by atoms with Gasteiger partial charge >= 0.3 is 24.2 Å². The van der Waals surface area contributed by atoms with Crippen LogP contribution in [0.3, 0.4) is 0 Å². The van der Waals surface area contributed by atoms with Crippen molar-refractivity contribution >= 4 is 24.2 Å². The van der Waals surface area contributed by atoms with Gasteiger partial charge in [0.15, 0.2) is 0 Å². The zero-order valence-corrected chi connectivity index (χ0v) is 29.0. The van der Waals surface area contributed by atoms with Crippen molar-refractivity contribution in [2.24, 2.45) is 0 Å². The summed E-state index contributed by atoms with van der Waals surface area (Å²) < 4.78 is 20.3. The summed E-state index contributed by atoms with van der Waals surface area (Å²) >= 11 is 0. The molecule has 0 radical (unpaired) electrons. The first-order valence-electron chi connectivity index (χ1n) is 17.8. The Morgan fingerprint density at radius 3 is 1.23 bits per heavy atom. The highest BCUT2D eigenvalue weighted by molar-refractivity contribution is 5.76. The van der Waals surface area contributed by atoms with Crippen molar-refractivity contribution in [3.05, 3.63) is 25.7 Å². The molecule has 0 heterocycles. The van der Waals surface area contributed by atoms with E-state index in [-0.39, 0.29) is 24.1 Å². The van der Waals surface area contributed by atoms with E-state index in [1.807, 2.05) is 0 Å². The zero-order chi connectivity index (χ0) is 34.9. The van der Waals surface area contributed by atoms with Crippen LogP contribution in [0, 0.1) is 0 Å². The summed E-state index contributed by atoms with van der Waals surface area (Å²) in [6, 6.07) is -0.652. The van der Waals surface area contributed by atoms with E-state index in [2.05, 4.69) is 45.1 Å². The molecule has 1 aliphatic carbocycles. The lowest BCUT2D eigenvalue weighted by molar-refractivity contribution is 0.139. The van der Waals surface area contributed by atoms with Crippen molar-refractivity contribution < 1.29 is 38.1 Å². The summed E-state index contributed by atoms with van der Waals surface area (Å²) in [5.74, 6) is 0. The largest absolute Gasteiger partial charge is 0.502 e. The van der Waals surface area contributed by atoms with Crippen LogP contribution in [-0.2, 0) is 18.9 Å². The van der Waals surface area contributed by atoms with E-state index in [1.54, 1.807) is 0 Å². The summed E-state index contributed by atoms with van der Waals surface area (Å²) in [4.78, 5) is 48.3. The van der Waals surface area contributed by atoms with E-state index in [9.17, 15) is 19.2 Å². The van der Waals surface area contributed by atoms with Gasteiger partial charge < -0.3 is 50.8 Å². The summed E-state index contributed by atoms with van der Waals surface area (Å²) in [6.07, 6.45) is 15.9. The number of urea groups is 2. The molecule has 276 valence electrons. The Labute approximate surface area is 287 Å². The van der Waals surface area contributed by atoms with Crippen molar-refractivity contribution in [2.45, 2.75) is 115 Å². The molecule has 0 aromatic rings. The number of nitrogens with one attached hydrogen (secondary N) is 6. The molecule has 1 rings (SSSR count). The summed E-state index contributed by atoms with van der Waals surface area (Å²) in [5.41, 5.74) is 0. The molecule has 1 fully saturated rings. The minimum absolute atomic E-state index is 0.110. The van der Waals surface area contributed by atoms with Gasteiger partial charge in [-0.1, -0.05) is 51.7 Å². The maximum atomic E-state index is 12.5. The lowest BCUT2D eigenvalue weighted by Gasteiger charge is -2.32. The maximum absolute atomic E-state index is 12.5. The van der Waals surface area contributed by atoms with Crippen molar-refractivity contribution in [3.8, 4) is 0 Å². The Kier molecular flexibility index (Phi) is 26.8. The Morgan fingerprint density at radius 1 is 0.500 bits per heavy atom. The number of alkyl carbamates (subject to hydrolysis) is 2. The Morgan fingerprint density at radius 2 is 0.854 bits per heavy atom. The highest BCUT2D eigenvalue weighted by atomic mass is 16.6. The quantitative estimate of drug-likeness (QED) is 0.0473. The van der Waals surface area contributed by atoms with Crippen LogP contribution in [0.4, 0.5) is 19.2 Å². The number of carbonyl (C=O) groups is 4. The van der Waals surface area contributed by atoms with Crippen LogP contribution in [0.25, 0.3) is 0 Å². The molecule has 0 aliphatic heterocycles. The molecule has 2 atom stereocenters. The molecule has 1 saturated carbocycles.